The van der Waals surface area contributed by atoms with E-state index >= 15 is 0 Å². The Balaban J connectivity index is 1.34. The first kappa shape index (κ1) is 36.5. The van der Waals surface area contributed by atoms with Crippen molar-refractivity contribution in [3.05, 3.63) is 106 Å². The topological polar surface area (TPSA) is 99.8 Å². The molecule has 3 heterocycles. The van der Waals surface area contributed by atoms with Crippen molar-refractivity contribution in [3.63, 3.8) is 0 Å². The third-order valence-corrected chi connectivity index (χ3v) is 10.0. The van der Waals surface area contributed by atoms with E-state index in [0.29, 0.717) is 45.2 Å². The molecule has 2 aliphatic rings. The van der Waals surface area contributed by atoms with Crippen LogP contribution in [0.4, 0.5) is 13.2 Å². The van der Waals surface area contributed by atoms with Gasteiger partial charge < -0.3 is 18.9 Å². The first-order valence-corrected chi connectivity index (χ1v) is 17.6. The zero-order valence-corrected chi connectivity index (χ0v) is 30.8. The van der Waals surface area contributed by atoms with Crippen molar-refractivity contribution in [2.24, 2.45) is 11.0 Å². The van der Waals surface area contributed by atoms with Crippen molar-refractivity contribution >= 4 is 23.3 Å². The Hall–Kier alpha value is -5.85. The second-order valence-corrected chi connectivity index (χ2v) is 13.6. The maximum atomic E-state index is 14.6. The highest BCUT2D eigenvalue weighted by Crippen LogP contribution is 2.47. The summed E-state index contributed by atoms with van der Waals surface area (Å²) in [7, 11) is 6.21. The molecule has 13 heteroatoms. The van der Waals surface area contributed by atoms with Crippen molar-refractivity contribution in [3.8, 4) is 34.3 Å². The molecule has 0 bridgehead atoms. The van der Waals surface area contributed by atoms with E-state index in [0.717, 1.165) is 41.2 Å². The highest BCUT2D eigenvalue weighted by atomic mass is 19.4. The van der Waals surface area contributed by atoms with Crippen LogP contribution in [0, 0.1) is 5.92 Å². The molecule has 2 atom stereocenters. The number of ether oxygens (including phenoxy) is 4. The van der Waals surface area contributed by atoms with Gasteiger partial charge in [-0.25, -0.2) is 14.5 Å². The van der Waals surface area contributed by atoms with Crippen LogP contribution in [-0.2, 0) is 6.18 Å². The molecule has 2 aromatic heterocycles. The van der Waals surface area contributed by atoms with E-state index < -0.39 is 23.8 Å². The van der Waals surface area contributed by atoms with E-state index in [4.69, 9.17) is 24.0 Å². The van der Waals surface area contributed by atoms with Gasteiger partial charge in [-0.3, -0.25) is 4.79 Å². The molecule has 5 aromatic rings. The van der Waals surface area contributed by atoms with E-state index in [1.165, 1.54) is 25.3 Å². The van der Waals surface area contributed by atoms with Crippen LogP contribution in [-0.4, -0.2) is 59.7 Å². The fourth-order valence-corrected chi connectivity index (χ4v) is 7.27. The molecular weight excluding hydrogens is 699 g/mol. The van der Waals surface area contributed by atoms with Gasteiger partial charge in [0.15, 0.2) is 40.0 Å². The first-order valence-electron chi connectivity index (χ1n) is 17.6. The van der Waals surface area contributed by atoms with E-state index in [2.05, 4.69) is 10.1 Å². The number of alkyl halides is 3. The summed E-state index contributed by atoms with van der Waals surface area (Å²) in [6.07, 6.45) is -0.517. The highest BCUT2D eigenvalue weighted by molar-refractivity contribution is 6.09. The van der Waals surface area contributed by atoms with Crippen LogP contribution in [0.1, 0.15) is 77.9 Å². The number of fused-ring (bicyclic) bond motifs is 2. The number of hydrazone groups is 1. The molecule has 1 saturated carbocycles. The number of allylic oxidation sites excluding steroid dienone is 1. The smallest absolute Gasteiger partial charge is 0.433 e. The zero-order valence-electron chi connectivity index (χ0n) is 30.8. The average Bonchev–Trinajstić information content (AvgIpc) is 3.79. The van der Waals surface area contributed by atoms with Crippen LogP contribution in [0.25, 0.3) is 23.0 Å². The summed E-state index contributed by atoms with van der Waals surface area (Å²) in [4.78, 5) is 19.1. The van der Waals surface area contributed by atoms with Gasteiger partial charge in [0.25, 0.3) is 5.91 Å². The third kappa shape index (κ3) is 6.74. The predicted octanol–water partition coefficient (Wildman–Crippen LogP) is 9.01. The Morgan fingerprint density at radius 2 is 1.52 bits per heavy atom. The Labute approximate surface area is 310 Å². The normalized spacial score (nSPS) is 17.9. The lowest BCUT2D eigenvalue weighted by atomic mass is 9.77. The standard InChI is InChI=1S/C41H40F3N5O5/c1-23(2)25-11-13-26(14-12-25)30-21-36(41(42,43)44)48-37(45-30)22-31(46-48)40(50)49-39(28-15-17-33(52-4)35(20-28)54-6)29-9-7-8-27(38(29)47-49)18-24-10-16-32(51-3)34(19-24)53-5/h10-23,29,39H,7-9H2,1-6H3/b27-18+/t29-,39-/m1/s1. The summed E-state index contributed by atoms with van der Waals surface area (Å²) >= 11 is 0. The average molecular weight is 740 g/mol. The summed E-state index contributed by atoms with van der Waals surface area (Å²) in [5.41, 5.74) is 3.53. The van der Waals surface area contributed by atoms with Crippen molar-refractivity contribution in [1.82, 2.24) is 19.6 Å². The van der Waals surface area contributed by atoms with Crippen LogP contribution in [0.15, 0.2) is 83.5 Å². The molecule has 1 aliphatic heterocycles. The Morgan fingerprint density at radius 1 is 0.852 bits per heavy atom. The van der Waals surface area contributed by atoms with Crippen LogP contribution in [0.3, 0.4) is 0 Å². The molecule has 3 aromatic carbocycles. The molecule has 54 heavy (non-hydrogen) atoms. The number of hydrogen-bond acceptors (Lipinski definition) is 8. The molecule has 10 nitrogen and oxygen atoms in total. The molecule has 280 valence electrons. The van der Waals surface area contributed by atoms with Crippen LogP contribution < -0.4 is 18.9 Å². The molecule has 0 saturated heterocycles. The molecular formula is C41H40F3N5O5. The SMILES string of the molecule is COc1ccc(/C=C2\CCC[C@@H]3C2=NN(C(=O)c2cc4nc(-c5ccc(C(C)C)cc5)cc(C(F)(F)F)n4n2)[C@@H]3c2ccc(OC)c(OC)c2)cc1OC. The van der Waals surface area contributed by atoms with E-state index in [1.807, 2.05) is 56.3 Å². The number of methoxy groups -OCH3 is 4. The maximum Gasteiger partial charge on any atom is 0.433 e. The summed E-state index contributed by atoms with van der Waals surface area (Å²) in [6.45, 7) is 4.08. The highest BCUT2D eigenvalue weighted by Gasteiger charge is 2.45. The number of halogens is 3. The molecule has 1 amide bonds. The van der Waals surface area contributed by atoms with Crippen molar-refractivity contribution in [2.75, 3.05) is 28.4 Å². The minimum Gasteiger partial charge on any atom is -0.493 e. The Morgan fingerprint density at radius 3 is 2.17 bits per heavy atom. The van der Waals surface area contributed by atoms with Crippen molar-refractivity contribution in [2.45, 2.75) is 51.2 Å². The van der Waals surface area contributed by atoms with Gasteiger partial charge in [-0.2, -0.15) is 23.4 Å². The third-order valence-electron chi connectivity index (χ3n) is 10.0. The monoisotopic (exact) mass is 739 g/mol. The molecule has 0 N–H and O–H groups in total. The zero-order chi connectivity index (χ0) is 38.3. The maximum absolute atomic E-state index is 14.6. The summed E-state index contributed by atoms with van der Waals surface area (Å²) in [5.74, 6) is 1.50. The van der Waals surface area contributed by atoms with Crippen molar-refractivity contribution < 1.29 is 36.9 Å². The second kappa shape index (κ2) is 14.5. The van der Waals surface area contributed by atoms with Crippen LogP contribution in [0.5, 0.6) is 23.0 Å². The quantitative estimate of drug-likeness (QED) is 0.149. The number of carbonyl (C=O) groups excluding carboxylic acids is 1. The van der Waals surface area contributed by atoms with Gasteiger partial charge in [-0.15, -0.1) is 0 Å². The van der Waals surface area contributed by atoms with E-state index in [1.54, 1.807) is 38.5 Å². The fraction of sp³-hybridized carbons (Fsp3) is 0.317. The van der Waals surface area contributed by atoms with Crippen LogP contribution >= 0.6 is 0 Å². The fourth-order valence-electron chi connectivity index (χ4n) is 7.27. The number of amides is 1. The second-order valence-electron chi connectivity index (χ2n) is 13.6. The molecule has 0 radical (unpaired) electrons. The van der Waals surface area contributed by atoms with Gasteiger partial charge in [0, 0.05) is 17.5 Å². The van der Waals surface area contributed by atoms with Gasteiger partial charge in [0.2, 0.25) is 0 Å². The predicted molar refractivity (Wildman–Crippen MR) is 198 cm³/mol. The van der Waals surface area contributed by atoms with Gasteiger partial charge in [-0.05, 0) is 83.9 Å². The molecule has 1 fully saturated rings. The summed E-state index contributed by atoms with van der Waals surface area (Å²) in [6, 6.07) is 19.9. The van der Waals surface area contributed by atoms with E-state index in [9.17, 15) is 18.0 Å². The molecule has 7 rings (SSSR count). The lowest BCUT2D eigenvalue weighted by Gasteiger charge is -2.29. The Bertz CT molecular complexity index is 2280. The number of nitrogens with zero attached hydrogens (tertiary/aromatic N) is 5. The summed E-state index contributed by atoms with van der Waals surface area (Å²) < 4.78 is 66.4. The summed E-state index contributed by atoms with van der Waals surface area (Å²) in [5, 5.41) is 10.5. The molecule has 1 aliphatic carbocycles. The van der Waals surface area contributed by atoms with Crippen molar-refractivity contribution in [1.29, 1.82) is 0 Å². The van der Waals surface area contributed by atoms with Gasteiger partial charge in [0.1, 0.15) is 0 Å². The lowest BCUT2D eigenvalue weighted by molar-refractivity contribution is -0.142. The number of hydrogen-bond donors (Lipinski definition) is 0. The Kier molecular flexibility index (Phi) is 9.82. The van der Waals surface area contributed by atoms with Gasteiger partial charge in [0.05, 0.1) is 45.9 Å². The minimum absolute atomic E-state index is 0.114. The minimum atomic E-state index is -4.78. The first-order chi connectivity index (χ1) is 25.9. The molecule has 0 spiro atoms. The number of rotatable bonds is 9. The van der Waals surface area contributed by atoms with Gasteiger partial charge >= 0.3 is 6.18 Å². The number of carbonyl (C=O) groups is 1. The van der Waals surface area contributed by atoms with Crippen LogP contribution in [0.2, 0.25) is 0 Å². The van der Waals surface area contributed by atoms with Gasteiger partial charge in [-0.1, -0.05) is 50.2 Å². The molecule has 0 unspecified atom stereocenters. The lowest BCUT2D eigenvalue weighted by Crippen LogP contribution is -2.32. The number of aromatic nitrogens is 3. The van der Waals surface area contributed by atoms with E-state index in [-0.39, 0.29) is 28.9 Å². The largest absolute Gasteiger partial charge is 0.493 e. The number of benzene rings is 3.